The summed E-state index contributed by atoms with van der Waals surface area (Å²) in [6.45, 7) is 12.7. The van der Waals surface area contributed by atoms with E-state index in [-0.39, 0.29) is 11.6 Å². The van der Waals surface area contributed by atoms with E-state index < -0.39 is 11.3 Å². The van der Waals surface area contributed by atoms with Gasteiger partial charge in [-0.05, 0) is 37.5 Å². The van der Waals surface area contributed by atoms with Crippen LogP contribution in [0.25, 0.3) is 11.0 Å². The molecule has 2 fully saturated rings. The van der Waals surface area contributed by atoms with E-state index in [1.807, 2.05) is 33.8 Å². The number of rotatable bonds is 6. The fourth-order valence-electron chi connectivity index (χ4n) is 5.07. The maximum Gasteiger partial charge on any atom is 0.256 e. The van der Waals surface area contributed by atoms with E-state index in [1.54, 1.807) is 18.3 Å². The van der Waals surface area contributed by atoms with Crippen LogP contribution in [0, 0.1) is 17.7 Å². The van der Waals surface area contributed by atoms with Gasteiger partial charge in [0, 0.05) is 55.0 Å². The van der Waals surface area contributed by atoms with Gasteiger partial charge in [0.25, 0.3) is 5.91 Å². The molecule has 4 N–H and O–H groups in total. The number of nitrogens with one attached hydrogen (secondary N) is 3. The van der Waals surface area contributed by atoms with Gasteiger partial charge < -0.3 is 25.4 Å². The number of amidine groups is 1. The van der Waals surface area contributed by atoms with Crippen molar-refractivity contribution in [1.29, 1.82) is 5.41 Å². The van der Waals surface area contributed by atoms with E-state index in [0.717, 1.165) is 57.8 Å². The summed E-state index contributed by atoms with van der Waals surface area (Å²) < 4.78 is 5.51. The minimum atomic E-state index is -0.527. The number of aliphatic hydroxyl groups excluding tert-OH is 1. The fraction of sp³-hybridized carbons (Fsp3) is 0.467. The van der Waals surface area contributed by atoms with Gasteiger partial charge in [-0.3, -0.25) is 15.1 Å². The van der Waals surface area contributed by atoms with Crippen LogP contribution in [0.3, 0.4) is 0 Å². The number of aromatic nitrogens is 4. The molecule has 2 saturated heterocycles. The number of piperidine rings is 1. The molecule has 1 aromatic carbocycles. The van der Waals surface area contributed by atoms with Crippen molar-refractivity contribution in [2.24, 2.45) is 5.41 Å². The molecule has 0 saturated carbocycles. The van der Waals surface area contributed by atoms with Crippen molar-refractivity contribution in [1.82, 2.24) is 30.2 Å². The number of ether oxygens (including phenoxy) is 1. The summed E-state index contributed by atoms with van der Waals surface area (Å²) in [4.78, 5) is 35.9. The third-order valence-corrected chi connectivity index (χ3v) is 7.72. The van der Waals surface area contributed by atoms with E-state index in [2.05, 4.69) is 35.4 Å². The maximum absolute atomic E-state index is 12.9. The molecular formula is C30H39N9O3. The van der Waals surface area contributed by atoms with Crippen LogP contribution in [-0.4, -0.2) is 87.1 Å². The van der Waals surface area contributed by atoms with E-state index in [0.29, 0.717) is 40.1 Å². The third-order valence-electron chi connectivity index (χ3n) is 7.72. The van der Waals surface area contributed by atoms with Crippen molar-refractivity contribution in [3.8, 4) is 0 Å². The Morgan fingerprint density at radius 3 is 2.57 bits per heavy atom. The number of hydrogen-bond donors (Lipinski definition) is 4. The molecule has 0 bridgehead atoms. The Morgan fingerprint density at radius 1 is 1.12 bits per heavy atom. The summed E-state index contributed by atoms with van der Waals surface area (Å²) in [6.07, 6.45) is 6.54. The molecule has 0 atom stereocenters. The Morgan fingerprint density at radius 2 is 1.86 bits per heavy atom. The SMILES string of the molecule is Cc1ccc(C(=O)NC(=N)/C=C(\O)C(C)(C)C)cc1Nc1ncnc2cnc(N3CCC(N4CCOCC4)CC3)nc12. The standard InChI is InChI=1S/C30H39N9O3/c1-19-5-6-20(28(41)36-25(31)16-24(40)30(2,3)4)15-22(19)35-27-26-23(33-18-34-27)17-32-29(37-26)39-9-7-21(8-10-39)38-11-13-42-14-12-38/h5-6,15-18,21,40H,7-14H2,1-4H3,(H2,31,36,41)(H,33,34,35)/b24-16-. The molecule has 0 aliphatic carbocycles. The number of carbonyl (C=O) groups is 1. The second-order valence-electron chi connectivity index (χ2n) is 11.8. The molecule has 12 nitrogen and oxygen atoms in total. The molecule has 2 aliphatic rings. The first-order valence-corrected chi connectivity index (χ1v) is 14.3. The van der Waals surface area contributed by atoms with E-state index >= 15 is 0 Å². The number of allylic oxidation sites excluding steroid dienone is 1. The summed E-state index contributed by atoms with van der Waals surface area (Å²) in [5, 5.41) is 24.1. The Labute approximate surface area is 245 Å². The molecule has 1 amide bonds. The molecule has 4 heterocycles. The minimum Gasteiger partial charge on any atom is -0.512 e. The zero-order chi connectivity index (χ0) is 29.9. The van der Waals surface area contributed by atoms with Gasteiger partial charge in [0.1, 0.15) is 29.0 Å². The van der Waals surface area contributed by atoms with Gasteiger partial charge in [0.15, 0.2) is 5.82 Å². The molecule has 12 heteroatoms. The molecule has 42 heavy (non-hydrogen) atoms. The maximum atomic E-state index is 12.9. The lowest BCUT2D eigenvalue weighted by Crippen LogP contribution is -2.49. The Balaban J connectivity index is 1.31. The Bertz CT molecular complexity index is 1490. The lowest BCUT2D eigenvalue weighted by molar-refractivity contribution is 0.0114. The average molecular weight is 574 g/mol. The van der Waals surface area contributed by atoms with Crippen molar-refractivity contribution in [3.63, 3.8) is 0 Å². The number of hydrogen-bond acceptors (Lipinski definition) is 11. The minimum absolute atomic E-state index is 0.0116. The number of anilines is 3. The third kappa shape index (κ3) is 6.82. The predicted octanol–water partition coefficient (Wildman–Crippen LogP) is 3.97. The highest BCUT2D eigenvalue weighted by Gasteiger charge is 2.27. The zero-order valence-corrected chi connectivity index (χ0v) is 24.6. The van der Waals surface area contributed by atoms with Crippen LogP contribution in [0.2, 0.25) is 0 Å². The van der Waals surface area contributed by atoms with E-state index in [4.69, 9.17) is 15.1 Å². The quantitative estimate of drug-likeness (QED) is 0.194. The summed E-state index contributed by atoms with van der Waals surface area (Å²) in [7, 11) is 0. The van der Waals surface area contributed by atoms with Crippen LogP contribution < -0.4 is 15.5 Å². The number of amides is 1. The number of nitrogens with zero attached hydrogens (tertiary/aromatic N) is 6. The van der Waals surface area contributed by atoms with E-state index in [9.17, 15) is 9.90 Å². The lowest BCUT2D eigenvalue weighted by Gasteiger charge is -2.40. The van der Waals surface area contributed by atoms with E-state index in [1.165, 1.54) is 12.4 Å². The van der Waals surface area contributed by atoms with Gasteiger partial charge in [0.05, 0.1) is 19.4 Å². The first-order chi connectivity index (χ1) is 20.1. The monoisotopic (exact) mass is 573 g/mol. The van der Waals surface area contributed by atoms with Crippen molar-refractivity contribution in [2.45, 2.75) is 46.6 Å². The smallest absolute Gasteiger partial charge is 0.256 e. The molecule has 222 valence electrons. The van der Waals surface area contributed by atoms with Crippen molar-refractivity contribution in [2.75, 3.05) is 49.6 Å². The van der Waals surface area contributed by atoms with Gasteiger partial charge in [-0.1, -0.05) is 26.8 Å². The molecule has 0 spiro atoms. The number of carbonyl (C=O) groups excluding carboxylic acids is 1. The van der Waals surface area contributed by atoms with Gasteiger partial charge in [-0.15, -0.1) is 0 Å². The van der Waals surface area contributed by atoms with Gasteiger partial charge >= 0.3 is 0 Å². The fourth-order valence-corrected chi connectivity index (χ4v) is 5.07. The zero-order valence-electron chi connectivity index (χ0n) is 24.6. The Hall–Kier alpha value is -4.16. The number of morpholine rings is 1. The molecule has 5 rings (SSSR count). The van der Waals surface area contributed by atoms with Crippen LogP contribution in [0.4, 0.5) is 17.5 Å². The summed E-state index contributed by atoms with van der Waals surface area (Å²) in [5.41, 5.74) is 2.61. The second kappa shape index (κ2) is 12.4. The molecule has 2 aliphatic heterocycles. The summed E-state index contributed by atoms with van der Waals surface area (Å²) in [5.74, 6) is 0.521. The van der Waals surface area contributed by atoms with Crippen molar-refractivity contribution < 1.29 is 14.6 Å². The number of aryl methyl sites for hydroxylation is 1. The average Bonchev–Trinajstić information content (AvgIpc) is 2.98. The van der Waals surface area contributed by atoms with Crippen molar-refractivity contribution >= 4 is 40.2 Å². The number of benzene rings is 1. The highest BCUT2D eigenvalue weighted by atomic mass is 16.5. The normalized spacial score (nSPS) is 17.3. The first kappa shape index (κ1) is 29.3. The molecule has 0 radical (unpaired) electrons. The summed E-state index contributed by atoms with van der Waals surface area (Å²) in [6, 6.07) is 5.78. The van der Waals surface area contributed by atoms with Crippen LogP contribution in [-0.2, 0) is 4.74 Å². The van der Waals surface area contributed by atoms with Gasteiger partial charge in [-0.25, -0.2) is 19.9 Å². The number of aliphatic hydroxyl groups is 1. The Kier molecular flexibility index (Phi) is 8.64. The molecule has 0 unspecified atom stereocenters. The number of fused-ring (bicyclic) bond motifs is 1. The largest absolute Gasteiger partial charge is 0.512 e. The predicted molar refractivity (Wildman–Crippen MR) is 163 cm³/mol. The molecule has 3 aromatic rings. The highest BCUT2D eigenvalue weighted by molar-refractivity contribution is 6.09. The topological polar surface area (TPSA) is 152 Å². The second-order valence-corrected chi connectivity index (χ2v) is 11.8. The summed E-state index contributed by atoms with van der Waals surface area (Å²) >= 11 is 0. The van der Waals surface area contributed by atoms with Crippen LogP contribution in [0.1, 0.15) is 49.5 Å². The van der Waals surface area contributed by atoms with Crippen LogP contribution in [0.5, 0.6) is 0 Å². The molecular weight excluding hydrogens is 534 g/mol. The van der Waals surface area contributed by atoms with Crippen molar-refractivity contribution in [3.05, 3.63) is 53.7 Å². The van der Waals surface area contributed by atoms with Crippen LogP contribution >= 0.6 is 0 Å². The van der Waals surface area contributed by atoms with Crippen LogP contribution in [0.15, 0.2) is 42.6 Å². The lowest BCUT2D eigenvalue weighted by atomic mass is 9.93. The highest BCUT2D eigenvalue weighted by Crippen LogP contribution is 2.27. The molecule has 2 aromatic heterocycles. The van der Waals surface area contributed by atoms with Gasteiger partial charge in [-0.2, -0.15) is 0 Å². The first-order valence-electron chi connectivity index (χ1n) is 14.3. The van der Waals surface area contributed by atoms with Gasteiger partial charge in [0.2, 0.25) is 5.95 Å².